The van der Waals surface area contributed by atoms with Crippen molar-refractivity contribution in [2.45, 2.75) is 32.0 Å². The molecule has 5 nitrogen and oxygen atoms in total. The van der Waals surface area contributed by atoms with Crippen molar-refractivity contribution in [2.75, 3.05) is 32.7 Å². The van der Waals surface area contributed by atoms with Crippen LogP contribution in [0.2, 0.25) is 5.02 Å². The van der Waals surface area contributed by atoms with Gasteiger partial charge in [-0.05, 0) is 43.8 Å². The van der Waals surface area contributed by atoms with Gasteiger partial charge in [-0.3, -0.25) is 4.79 Å². The zero-order valence-electron chi connectivity index (χ0n) is 13.7. The van der Waals surface area contributed by atoms with Gasteiger partial charge in [-0.15, -0.1) is 0 Å². The molecule has 1 aromatic rings. The Balaban J connectivity index is 2.12. The molecule has 1 saturated heterocycles. The molecule has 1 aliphatic rings. The molecule has 1 aliphatic heterocycles. The van der Waals surface area contributed by atoms with Crippen molar-refractivity contribution in [1.82, 2.24) is 9.80 Å². The summed E-state index contributed by atoms with van der Waals surface area (Å²) in [6.45, 7) is 6.52. The summed E-state index contributed by atoms with van der Waals surface area (Å²) in [7, 11) is 0. The molecule has 23 heavy (non-hydrogen) atoms. The van der Waals surface area contributed by atoms with Gasteiger partial charge in [0.1, 0.15) is 5.60 Å². The molecule has 0 aliphatic carbocycles. The lowest BCUT2D eigenvalue weighted by Crippen LogP contribution is -2.62. The Labute approximate surface area is 142 Å². The normalized spacial score (nSPS) is 25.0. The topological polar surface area (TPSA) is 64.0 Å². The highest BCUT2D eigenvalue weighted by Crippen LogP contribution is 2.25. The third-order valence-corrected chi connectivity index (χ3v) is 4.78. The minimum Gasteiger partial charge on any atom is -0.390 e. The summed E-state index contributed by atoms with van der Waals surface area (Å²) >= 11 is 5.85. The first-order chi connectivity index (χ1) is 10.9. The first-order valence-corrected chi connectivity index (χ1v) is 8.45. The van der Waals surface area contributed by atoms with Gasteiger partial charge in [0.05, 0.1) is 12.6 Å². The maximum Gasteiger partial charge on any atom is 0.253 e. The predicted molar refractivity (Wildman–Crippen MR) is 90.7 cm³/mol. The molecular weight excluding hydrogens is 316 g/mol. The number of carbonyl (C=O) groups excluding carboxylic acids is 1. The van der Waals surface area contributed by atoms with Crippen molar-refractivity contribution < 1.29 is 15.0 Å². The van der Waals surface area contributed by atoms with Crippen molar-refractivity contribution >= 4 is 17.5 Å². The molecule has 1 amide bonds. The van der Waals surface area contributed by atoms with Crippen LogP contribution >= 0.6 is 11.6 Å². The fraction of sp³-hybridized carbons (Fsp3) is 0.588. The molecule has 128 valence electrons. The molecule has 6 heteroatoms. The highest BCUT2D eigenvalue weighted by molar-refractivity contribution is 6.30. The Hall–Kier alpha value is -1.14. The van der Waals surface area contributed by atoms with Crippen molar-refractivity contribution in [3.05, 3.63) is 34.9 Å². The predicted octanol–water partition coefficient (Wildman–Crippen LogP) is 1.62. The standard InChI is InChI=1S/C17H25ClN2O3/c1-3-19(4-2)11-17(23)12-20(10-9-15(17)21)16(22)13-5-7-14(18)8-6-13/h5-8,15,21,23H,3-4,9-12H2,1-2H3/t15-,17+/m1/s1. The van der Waals surface area contributed by atoms with Crippen molar-refractivity contribution in [1.29, 1.82) is 0 Å². The number of hydrogen-bond donors (Lipinski definition) is 2. The number of benzene rings is 1. The average molecular weight is 341 g/mol. The third-order valence-electron chi connectivity index (χ3n) is 4.53. The van der Waals surface area contributed by atoms with E-state index in [1.807, 2.05) is 13.8 Å². The van der Waals surface area contributed by atoms with Gasteiger partial charge in [0, 0.05) is 23.7 Å². The summed E-state index contributed by atoms with van der Waals surface area (Å²) in [6.07, 6.45) is -0.450. The zero-order chi connectivity index (χ0) is 17.0. The van der Waals surface area contributed by atoms with Crippen LogP contribution < -0.4 is 0 Å². The molecule has 2 atom stereocenters. The number of nitrogens with zero attached hydrogens (tertiary/aromatic N) is 2. The Morgan fingerprint density at radius 1 is 1.35 bits per heavy atom. The smallest absolute Gasteiger partial charge is 0.253 e. The van der Waals surface area contributed by atoms with Crippen LogP contribution in [0.3, 0.4) is 0 Å². The molecule has 0 aromatic heterocycles. The number of aliphatic hydroxyl groups excluding tert-OH is 1. The maximum atomic E-state index is 12.6. The number of hydrogen-bond acceptors (Lipinski definition) is 4. The van der Waals surface area contributed by atoms with E-state index in [1.165, 1.54) is 0 Å². The van der Waals surface area contributed by atoms with Crippen LogP contribution in [0.5, 0.6) is 0 Å². The summed E-state index contributed by atoms with van der Waals surface area (Å²) in [5.41, 5.74) is -0.761. The summed E-state index contributed by atoms with van der Waals surface area (Å²) in [5, 5.41) is 21.7. The summed E-state index contributed by atoms with van der Waals surface area (Å²) in [4.78, 5) is 16.3. The van der Waals surface area contributed by atoms with Gasteiger partial charge in [-0.2, -0.15) is 0 Å². The fourth-order valence-corrected chi connectivity index (χ4v) is 3.13. The van der Waals surface area contributed by atoms with Crippen LogP contribution in [0.25, 0.3) is 0 Å². The number of amides is 1. The van der Waals surface area contributed by atoms with Gasteiger partial charge in [-0.25, -0.2) is 0 Å². The zero-order valence-corrected chi connectivity index (χ0v) is 14.5. The van der Waals surface area contributed by atoms with E-state index in [0.29, 0.717) is 30.1 Å². The van der Waals surface area contributed by atoms with Gasteiger partial charge < -0.3 is 20.0 Å². The molecule has 0 spiro atoms. The highest BCUT2D eigenvalue weighted by Gasteiger charge is 2.43. The number of carbonyl (C=O) groups is 1. The van der Waals surface area contributed by atoms with E-state index in [0.717, 1.165) is 13.1 Å². The van der Waals surface area contributed by atoms with Crippen molar-refractivity contribution in [2.24, 2.45) is 0 Å². The van der Waals surface area contributed by atoms with E-state index in [9.17, 15) is 15.0 Å². The van der Waals surface area contributed by atoms with E-state index in [-0.39, 0.29) is 12.5 Å². The number of aliphatic hydroxyl groups is 2. The van der Waals surface area contributed by atoms with Crippen LogP contribution in [0.1, 0.15) is 30.6 Å². The Morgan fingerprint density at radius 2 is 1.96 bits per heavy atom. The molecule has 2 N–H and O–H groups in total. The number of β-amino-alcohol motifs (C(OH)–C–C–N with tert-alkyl or cyclic N) is 1. The lowest BCUT2D eigenvalue weighted by molar-refractivity contribution is -0.126. The van der Waals surface area contributed by atoms with Crippen LogP contribution in [-0.2, 0) is 0 Å². The van der Waals surface area contributed by atoms with E-state index >= 15 is 0 Å². The molecule has 0 radical (unpaired) electrons. The molecule has 0 saturated carbocycles. The minimum atomic E-state index is -1.30. The lowest BCUT2D eigenvalue weighted by atomic mass is 9.88. The molecule has 0 bridgehead atoms. The second kappa shape index (κ2) is 7.62. The van der Waals surface area contributed by atoms with Crippen molar-refractivity contribution in [3.8, 4) is 0 Å². The molecule has 1 aromatic carbocycles. The van der Waals surface area contributed by atoms with Gasteiger partial charge in [-0.1, -0.05) is 25.4 Å². The van der Waals surface area contributed by atoms with Crippen LogP contribution in [0.15, 0.2) is 24.3 Å². The minimum absolute atomic E-state index is 0.131. The quantitative estimate of drug-likeness (QED) is 0.855. The number of likely N-dealkylation sites (tertiary alicyclic amines) is 1. The highest BCUT2D eigenvalue weighted by atomic mass is 35.5. The van der Waals surface area contributed by atoms with E-state index in [1.54, 1.807) is 29.2 Å². The second-order valence-corrected chi connectivity index (χ2v) is 6.54. The summed E-state index contributed by atoms with van der Waals surface area (Å²) in [6, 6.07) is 6.71. The Kier molecular flexibility index (Phi) is 6.03. The Bertz CT molecular complexity index is 533. The van der Waals surface area contributed by atoms with E-state index < -0.39 is 11.7 Å². The summed E-state index contributed by atoms with van der Waals surface area (Å²) < 4.78 is 0. The first-order valence-electron chi connectivity index (χ1n) is 8.07. The molecule has 1 fully saturated rings. The molecular formula is C17H25ClN2O3. The number of rotatable bonds is 5. The first kappa shape index (κ1) is 18.2. The number of likely N-dealkylation sites (N-methyl/N-ethyl adjacent to an activating group) is 1. The largest absolute Gasteiger partial charge is 0.390 e. The van der Waals surface area contributed by atoms with E-state index in [4.69, 9.17) is 11.6 Å². The van der Waals surface area contributed by atoms with Gasteiger partial charge in [0.25, 0.3) is 5.91 Å². The monoisotopic (exact) mass is 340 g/mol. The van der Waals surface area contributed by atoms with Crippen LogP contribution in [-0.4, -0.2) is 70.3 Å². The average Bonchev–Trinajstić information content (AvgIpc) is 2.55. The molecule has 0 unspecified atom stereocenters. The SMILES string of the molecule is CCN(CC)C[C@]1(O)CN(C(=O)c2ccc(Cl)cc2)CC[C@H]1O. The van der Waals surface area contributed by atoms with Gasteiger partial charge >= 0.3 is 0 Å². The van der Waals surface area contributed by atoms with Gasteiger partial charge in [0.2, 0.25) is 0 Å². The van der Waals surface area contributed by atoms with Crippen LogP contribution in [0.4, 0.5) is 0 Å². The Morgan fingerprint density at radius 3 is 2.52 bits per heavy atom. The maximum absolute atomic E-state index is 12.6. The summed E-state index contributed by atoms with van der Waals surface area (Å²) in [5.74, 6) is -0.147. The molecule has 2 rings (SSSR count). The second-order valence-electron chi connectivity index (χ2n) is 6.10. The van der Waals surface area contributed by atoms with Gasteiger partial charge in [0.15, 0.2) is 0 Å². The number of halogens is 1. The third kappa shape index (κ3) is 4.23. The van der Waals surface area contributed by atoms with E-state index in [2.05, 4.69) is 4.90 Å². The van der Waals surface area contributed by atoms with Crippen molar-refractivity contribution in [3.63, 3.8) is 0 Å². The molecule has 1 heterocycles. The van der Waals surface area contributed by atoms with Crippen LogP contribution in [0, 0.1) is 0 Å². The lowest BCUT2D eigenvalue weighted by Gasteiger charge is -2.44. The fourth-order valence-electron chi connectivity index (χ4n) is 3.00. The number of piperidine rings is 1.